The molecular weight excluding hydrogens is 243 g/mol. The molecule has 0 saturated heterocycles. The first-order valence-electron chi connectivity index (χ1n) is 6.11. The molecular formula is C15H17FN2O. The summed E-state index contributed by atoms with van der Waals surface area (Å²) >= 11 is 0. The lowest BCUT2D eigenvalue weighted by atomic mass is 10.2. The van der Waals surface area contributed by atoms with Gasteiger partial charge in [-0.05, 0) is 36.4 Å². The molecule has 0 aliphatic carbocycles. The molecule has 2 aromatic rings. The molecule has 2 aromatic carbocycles. The van der Waals surface area contributed by atoms with E-state index in [9.17, 15) is 4.39 Å². The topological polar surface area (TPSA) is 38.5 Å². The minimum absolute atomic E-state index is 0.285. The minimum atomic E-state index is -0.336. The van der Waals surface area contributed by atoms with Crippen LogP contribution in [0.5, 0.6) is 5.75 Å². The standard InChI is InChI=1S/C15H17FN2O/c1-18(13-8-6-12(17)7-9-13)10-11-19-15-5-3-2-4-14(15)16/h2-9H,10-11,17H2,1H3. The van der Waals surface area contributed by atoms with Crippen molar-refractivity contribution in [2.45, 2.75) is 0 Å². The van der Waals surface area contributed by atoms with Crippen molar-refractivity contribution >= 4 is 11.4 Å². The molecule has 0 heterocycles. The molecule has 4 heteroatoms. The predicted molar refractivity (Wildman–Crippen MR) is 76.0 cm³/mol. The van der Waals surface area contributed by atoms with E-state index in [0.717, 1.165) is 11.4 Å². The molecule has 0 atom stereocenters. The highest BCUT2D eigenvalue weighted by molar-refractivity contribution is 5.52. The van der Waals surface area contributed by atoms with Crippen molar-refractivity contribution in [1.29, 1.82) is 0 Å². The first-order valence-corrected chi connectivity index (χ1v) is 6.11. The average Bonchev–Trinajstić information content (AvgIpc) is 2.41. The van der Waals surface area contributed by atoms with Crippen LogP contribution in [0.4, 0.5) is 15.8 Å². The van der Waals surface area contributed by atoms with Gasteiger partial charge in [0.1, 0.15) is 6.61 Å². The number of para-hydroxylation sites is 1. The van der Waals surface area contributed by atoms with Crippen molar-refractivity contribution in [3.8, 4) is 5.75 Å². The molecule has 2 rings (SSSR count). The summed E-state index contributed by atoms with van der Waals surface area (Å²) in [5, 5.41) is 0. The minimum Gasteiger partial charge on any atom is -0.489 e. The van der Waals surface area contributed by atoms with Crippen molar-refractivity contribution in [2.24, 2.45) is 0 Å². The summed E-state index contributed by atoms with van der Waals surface area (Å²) in [4.78, 5) is 2.03. The SMILES string of the molecule is CN(CCOc1ccccc1F)c1ccc(N)cc1. The van der Waals surface area contributed by atoms with E-state index in [1.165, 1.54) is 6.07 Å². The van der Waals surface area contributed by atoms with Crippen LogP contribution < -0.4 is 15.4 Å². The number of hydrogen-bond donors (Lipinski definition) is 1. The highest BCUT2D eigenvalue weighted by Crippen LogP contribution is 2.17. The predicted octanol–water partition coefficient (Wildman–Crippen LogP) is 2.92. The van der Waals surface area contributed by atoms with Crippen molar-refractivity contribution < 1.29 is 9.13 Å². The molecule has 2 N–H and O–H groups in total. The van der Waals surface area contributed by atoms with Crippen molar-refractivity contribution in [3.63, 3.8) is 0 Å². The van der Waals surface area contributed by atoms with Crippen LogP contribution in [0.25, 0.3) is 0 Å². The van der Waals surface area contributed by atoms with Crippen LogP contribution in [0.3, 0.4) is 0 Å². The highest BCUT2D eigenvalue weighted by Gasteiger charge is 2.03. The zero-order valence-corrected chi connectivity index (χ0v) is 10.8. The molecule has 0 aromatic heterocycles. The van der Waals surface area contributed by atoms with Crippen LogP contribution >= 0.6 is 0 Å². The lowest BCUT2D eigenvalue weighted by molar-refractivity contribution is 0.309. The van der Waals surface area contributed by atoms with E-state index in [-0.39, 0.29) is 11.6 Å². The van der Waals surface area contributed by atoms with Crippen molar-refractivity contribution in [1.82, 2.24) is 0 Å². The van der Waals surface area contributed by atoms with E-state index in [1.807, 2.05) is 36.2 Å². The summed E-state index contributed by atoms with van der Waals surface area (Å²) in [6.45, 7) is 1.08. The lowest BCUT2D eigenvalue weighted by Crippen LogP contribution is -2.23. The average molecular weight is 260 g/mol. The Morgan fingerprint density at radius 3 is 2.47 bits per heavy atom. The quantitative estimate of drug-likeness (QED) is 0.840. The number of halogens is 1. The molecule has 19 heavy (non-hydrogen) atoms. The third-order valence-corrected chi connectivity index (χ3v) is 2.85. The van der Waals surface area contributed by atoms with Crippen LogP contribution in [-0.4, -0.2) is 20.2 Å². The van der Waals surface area contributed by atoms with Crippen molar-refractivity contribution in [2.75, 3.05) is 30.8 Å². The molecule has 0 radical (unpaired) electrons. The number of hydrogen-bond acceptors (Lipinski definition) is 3. The van der Waals surface area contributed by atoms with Crippen molar-refractivity contribution in [3.05, 3.63) is 54.3 Å². The van der Waals surface area contributed by atoms with Crippen LogP contribution in [0.1, 0.15) is 0 Å². The Hall–Kier alpha value is -2.23. The number of benzene rings is 2. The number of anilines is 2. The van der Waals surface area contributed by atoms with Crippen LogP contribution in [0, 0.1) is 5.82 Å². The smallest absolute Gasteiger partial charge is 0.165 e. The number of nitrogen functional groups attached to an aromatic ring is 1. The van der Waals surface area contributed by atoms with Gasteiger partial charge in [-0.3, -0.25) is 0 Å². The second-order valence-corrected chi connectivity index (χ2v) is 4.29. The molecule has 0 saturated carbocycles. The Bertz CT molecular complexity index is 528. The zero-order valence-electron chi connectivity index (χ0n) is 10.8. The van der Waals surface area contributed by atoms with Gasteiger partial charge in [-0.1, -0.05) is 12.1 Å². The molecule has 0 bridgehead atoms. The summed E-state index contributed by atoms with van der Waals surface area (Å²) in [7, 11) is 1.95. The third kappa shape index (κ3) is 3.61. The summed E-state index contributed by atoms with van der Waals surface area (Å²) in [5.74, 6) is -0.0501. The Labute approximate surface area is 112 Å². The van der Waals surface area contributed by atoms with Gasteiger partial charge in [-0.25, -0.2) is 4.39 Å². The summed E-state index contributed by atoms with van der Waals surface area (Å²) in [6, 6.07) is 14.0. The van der Waals surface area contributed by atoms with E-state index < -0.39 is 0 Å². The summed E-state index contributed by atoms with van der Waals surface area (Å²) < 4.78 is 18.7. The van der Waals surface area contributed by atoms with Gasteiger partial charge in [-0.15, -0.1) is 0 Å². The highest BCUT2D eigenvalue weighted by atomic mass is 19.1. The number of likely N-dealkylation sites (N-methyl/N-ethyl adjacent to an activating group) is 1. The van der Waals surface area contributed by atoms with Gasteiger partial charge in [-0.2, -0.15) is 0 Å². The van der Waals surface area contributed by atoms with Gasteiger partial charge in [0, 0.05) is 18.4 Å². The van der Waals surface area contributed by atoms with Crippen LogP contribution in [-0.2, 0) is 0 Å². The van der Waals surface area contributed by atoms with E-state index in [4.69, 9.17) is 10.5 Å². The fourth-order valence-electron chi connectivity index (χ4n) is 1.71. The molecule has 0 amide bonds. The summed E-state index contributed by atoms with van der Waals surface area (Å²) in [6.07, 6.45) is 0. The maximum absolute atomic E-state index is 13.3. The Balaban J connectivity index is 1.86. The van der Waals surface area contributed by atoms with E-state index in [0.29, 0.717) is 13.2 Å². The second kappa shape index (κ2) is 6.09. The number of nitrogens with zero attached hydrogens (tertiary/aromatic N) is 1. The third-order valence-electron chi connectivity index (χ3n) is 2.85. The first kappa shape index (κ1) is 13.2. The van der Waals surface area contributed by atoms with Gasteiger partial charge < -0.3 is 15.4 Å². The molecule has 100 valence electrons. The van der Waals surface area contributed by atoms with Crippen LogP contribution in [0.15, 0.2) is 48.5 Å². The van der Waals surface area contributed by atoms with Crippen LogP contribution in [0.2, 0.25) is 0 Å². The van der Waals surface area contributed by atoms with Gasteiger partial charge in [0.2, 0.25) is 0 Å². The van der Waals surface area contributed by atoms with Gasteiger partial charge in [0.05, 0.1) is 6.54 Å². The van der Waals surface area contributed by atoms with Gasteiger partial charge >= 0.3 is 0 Å². The Morgan fingerprint density at radius 1 is 1.11 bits per heavy atom. The second-order valence-electron chi connectivity index (χ2n) is 4.29. The largest absolute Gasteiger partial charge is 0.489 e. The number of rotatable bonds is 5. The first-order chi connectivity index (χ1) is 9.16. The van der Waals surface area contributed by atoms with Gasteiger partial charge in [0.25, 0.3) is 0 Å². The van der Waals surface area contributed by atoms with E-state index >= 15 is 0 Å². The molecule has 0 aliphatic rings. The molecule has 0 unspecified atom stereocenters. The molecule has 0 spiro atoms. The normalized spacial score (nSPS) is 10.2. The Kier molecular flexibility index (Phi) is 4.23. The monoisotopic (exact) mass is 260 g/mol. The van der Waals surface area contributed by atoms with Gasteiger partial charge in [0.15, 0.2) is 11.6 Å². The maximum Gasteiger partial charge on any atom is 0.165 e. The van der Waals surface area contributed by atoms with E-state index in [1.54, 1.807) is 18.2 Å². The zero-order chi connectivity index (χ0) is 13.7. The fourth-order valence-corrected chi connectivity index (χ4v) is 1.71. The Morgan fingerprint density at radius 2 is 1.79 bits per heavy atom. The number of nitrogens with two attached hydrogens (primary N) is 1. The number of ether oxygens (including phenoxy) is 1. The fraction of sp³-hybridized carbons (Fsp3) is 0.200. The molecule has 0 aliphatic heterocycles. The molecule has 0 fully saturated rings. The summed E-state index contributed by atoms with van der Waals surface area (Å²) in [5.41, 5.74) is 7.42. The maximum atomic E-state index is 13.3. The lowest BCUT2D eigenvalue weighted by Gasteiger charge is -2.19. The molecule has 3 nitrogen and oxygen atoms in total. The van der Waals surface area contributed by atoms with E-state index in [2.05, 4.69) is 0 Å².